The highest BCUT2D eigenvalue weighted by molar-refractivity contribution is 9.10. The minimum Gasteiger partial charge on any atom is -0.506 e. The summed E-state index contributed by atoms with van der Waals surface area (Å²) in [5.74, 6) is 0.262. The Labute approximate surface area is 110 Å². The Balaban J connectivity index is 2.46. The van der Waals surface area contributed by atoms with Crippen molar-refractivity contribution in [1.29, 1.82) is 0 Å². The molecule has 4 nitrogen and oxygen atoms in total. The monoisotopic (exact) mass is 300 g/mol. The molecule has 0 spiro atoms. The van der Waals surface area contributed by atoms with Crippen molar-refractivity contribution in [3.8, 4) is 5.75 Å². The third-order valence-electron chi connectivity index (χ3n) is 2.56. The van der Waals surface area contributed by atoms with Gasteiger partial charge in [-0.2, -0.15) is 0 Å². The smallest absolute Gasteiger partial charge is 0.236 e. The number of likely N-dealkylation sites (N-methyl/N-ethyl adjacent to an activating group) is 1. The predicted octanol–water partition coefficient (Wildman–Crippen LogP) is 1.72. The third-order valence-corrected chi connectivity index (χ3v) is 3.20. The van der Waals surface area contributed by atoms with Crippen molar-refractivity contribution in [1.82, 2.24) is 10.2 Å². The lowest BCUT2D eigenvalue weighted by atomic mass is 10.2. The zero-order chi connectivity index (χ0) is 12.8. The summed E-state index contributed by atoms with van der Waals surface area (Å²) in [6.45, 7) is 3.37. The maximum Gasteiger partial charge on any atom is 0.236 e. The van der Waals surface area contributed by atoms with Crippen LogP contribution in [0.25, 0.3) is 0 Å². The molecule has 0 aliphatic heterocycles. The average molecular weight is 301 g/mol. The van der Waals surface area contributed by atoms with Crippen LogP contribution in [-0.4, -0.2) is 36.1 Å². The van der Waals surface area contributed by atoms with Crippen molar-refractivity contribution in [3.63, 3.8) is 0 Å². The molecule has 0 saturated heterocycles. The molecule has 0 radical (unpaired) electrons. The normalized spacial score (nSPS) is 10.3. The topological polar surface area (TPSA) is 52.6 Å². The number of carbonyl (C=O) groups excluding carboxylic acids is 1. The second kappa shape index (κ2) is 6.61. The molecular weight excluding hydrogens is 284 g/mol. The first kappa shape index (κ1) is 14.0. The summed E-state index contributed by atoms with van der Waals surface area (Å²) in [6, 6.07) is 5.44. The Morgan fingerprint density at radius 3 is 2.88 bits per heavy atom. The molecule has 1 rings (SSSR count). The van der Waals surface area contributed by atoms with E-state index in [1.54, 1.807) is 18.0 Å². The van der Waals surface area contributed by atoms with Crippen LogP contribution in [0.4, 0.5) is 0 Å². The first-order valence-electron chi connectivity index (χ1n) is 5.47. The Hall–Kier alpha value is -1.07. The molecule has 0 unspecified atom stereocenters. The first-order chi connectivity index (χ1) is 8.06. The predicted molar refractivity (Wildman–Crippen MR) is 70.8 cm³/mol. The number of carbonyl (C=O) groups is 1. The maximum absolute atomic E-state index is 11.5. The lowest BCUT2D eigenvalue weighted by Gasteiger charge is -2.15. The Morgan fingerprint density at radius 1 is 1.53 bits per heavy atom. The van der Waals surface area contributed by atoms with Gasteiger partial charge >= 0.3 is 0 Å². The van der Waals surface area contributed by atoms with Crippen molar-refractivity contribution in [2.24, 2.45) is 0 Å². The highest BCUT2D eigenvalue weighted by Crippen LogP contribution is 2.26. The van der Waals surface area contributed by atoms with E-state index in [9.17, 15) is 9.90 Å². The third kappa shape index (κ3) is 4.02. The number of nitrogens with one attached hydrogen (secondary N) is 1. The van der Waals surface area contributed by atoms with Crippen molar-refractivity contribution in [2.75, 3.05) is 20.1 Å². The highest BCUT2D eigenvalue weighted by atomic mass is 79.9. The van der Waals surface area contributed by atoms with Gasteiger partial charge in [0.2, 0.25) is 5.91 Å². The second-order valence-electron chi connectivity index (χ2n) is 3.76. The van der Waals surface area contributed by atoms with Gasteiger partial charge in [0.15, 0.2) is 0 Å². The fraction of sp³-hybridized carbons (Fsp3) is 0.417. The van der Waals surface area contributed by atoms with Crippen LogP contribution >= 0.6 is 15.9 Å². The van der Waals surface area contributed by atoms with E-state index in [2.05, 4.69) is 21.2 Å². The molecule has 0 aliphatic carbocycles. The molecule has 0 aliphatic rings. The summed E-state index contributed by atoms with van der Waals surface area (Å²) in [6.07, 6.45) is 0. The quantitative estimate of drug-likeness (QED) is 0.871. The minimum atomic E-state index is 0.0435. The largest absolute Gasteiger partial charge is 0.506 e. The van der Waals surface area contributed by atoms with Crippen LogP contribution in [0.2, 0.25) is 0 Å². The van der Waals surface area contributed by atoms with Gasteiger partial charge in [-0.15, -0.1) is 0 Å². The van der Waals surface area contributed by atoms with Gasteiger partial charge in [-0.25, -0.2) is 0 Å². The number of hydrogen-bond donors (Lipinski definition) is 2. The molecule has 0 bridgehead atoms. The SMILES string of the molecule is CCN(C)C(=O)CNCc1cccc(Br)c1O. The van der Waals surface area contributed by atoms with E-state index in [1.165, 1.54) is 0 Å². The van der Waals surface area contributed by atoms with Gasteiger partial charge in [0.05, 0.1) is 11.0 Å². The van der Waals surface area contributed by atoms with Crippen LogP contribution in [0.1, 0.15) is 12.5 Å². The number of rotatable bonds is 5. The molecule has 0 saturated carbocycles. The number of aromatic hydroxyl groups is 1. The van der Waals surface area contributed by atoms with Crippen LogP contribution < -0.4 is 5.32 Å². The molecule has 1 aromatic rings. The molecule has 94 valence electrons. The number of phenolic OH excluding ortho intramolecular Hbond substituents is 1. The highest BCUT2D eigenvalue weighted by Gasteiger charge is 2.07. The maximum atomic E-state index is 11.5. The number of amides is 1. The number of benzene rings is 1. The lowest BCUT2D eigenvalue weighted by Crippen LogP contribution is -2.35. The molecule has 0 atom stereocenters. The fourth-order valence-corrected chi connectivity index (χ4v) is 1.73. The number of hydrogen-bond acceptors (Lipinski definition) is 3. The van der Waals surface area contributed by atoms with Gasteiger partial charge < -0.3 is 15.3 Å². The van der Waals surface area contributed by atoms with Crippen molar-refractivity contribution in [2.45, 2.75) is 13.5 Å². The van der Waals surface area contributed by atoms with Gasteiger partial charge in [0, 0.05) is 25.7 Å². The summed E-state index contributed by atoms with van der Waals surface area (Å²) in [5.41, 5.74) is 0.770. The van der Waals surface area contributed by atoms with E-state index >= 15 is 0 Å². The van der Waals surface area contributed by atoms with E-state index in [0.29, 0.717) is 17.6 Å². The number of para-hydroxylation sites is 1. The van der Waals surface area contributed by atoms with E-state index in [1.807, 2.05) is 19.1 Å². The number of nitrogens with zero attached hydrogens (tertiary/aromatic N) is 1. The Morgan fingerprint density at radius 2 is 2.24 bits per heavy atom. The zero-order valence-electron chi connectivity index (χ0n) is 10.0. The number of phenols is 1. The molecule has 0 aromatic heterocycles. The fourth-order valence-electron chi connectivity index (χ4n) is 1.32. The average Bonchev–Trinajstić information content (AvgIpc) is 2.33. The van der Waals surface area contributed by atoms with Gasteiger partial charge in [-0.1, -0.05) is 12.1 Å². The summed E-state index contributed by atoms with van der Waals surface area (Å²) in [5, 5.41) is 12.7. The van der Waals surface area contributed by atoms with Crippen molar-refractivity contribution < 1.29 is 9.90 Å². The van der Waals surface area contributed by atoms with Crippen molar-refractivity contribution >= 4 is 21.8 Å². The van der Waals surface area contributed by atoms with Crippen LogP contribution in [0.3, 0.4) is 0 Å². The standard InChI is InChI=1S/C12H17BrN2O2/c1-3-15(2)11(16)8-14-7-9-5-4-6-10(13)12(9)17/h4-6,14,17H,3,7-8H2,1-2H3. The van der Waals surface area contributed by atoms with Crippen molar-refractivity contribution in [3.05, 3.63) is 28.2 Å². The van der Waals surface area contributed by atoms with Gasteiger partial charge in [0.25, 0.3) is 0 Å². The van der Waals surface area contributed by atoms with Crippen LogP contribution in [0, 0.1) is 0 Å². The molecule has 0 fully saturated rings. The van der Waals surface area contributed by atoms with E-state index in [-0.39, 0.29) is 18.2 Å². The summed E-state index contributed by atoms with van der Waals surface area (Å²) < 4.78 is 0.661. The van der Waals surface area contributed by atoms with Crippen LogP contribution in [-0.2, 0) is 11.3 Å². The van der Waals surface area contributed by atoms with Gasteiger partial charge in [-0.05, 0) is 28.9 Å². The lowest BCUT2D eigenvalue weighted by molar-refractivity contribution is -0.128. The molecule has 0 heterocycles. The van der Waals surface area contributed by atoms with E-state index in [4.69, 9.17) is 0 Å². The Bertz CT molecular complexity index is 396. The van der Waals surface area contributed by atoms with E-state index in [0.717, 1.165) is 5.56 Å². The van der Waals surface area contributed by atoms with Crippen LogP contribution in [0.15, 0.2) is 22.7 Å². The molecular formula is C12H17BrN2O2. The van der Waals surface area contributed by atoms with E-state index < -0.39 is 0 Å². The summed E-state index contributed by atoms with van der Waals surface area (Å²) in [7, 11) is 1.76. The minimum absolute atomic E-state index is 0.0435. The molecule has 17 heavy (non-hydrogen) atoms. The molecule has 5 heteroatoms. The summed E-state index contributed by atoms with van der Waals surface area (Å²) >= 11 is 3.25. The number of halogens is 1. The van der Waals surface area contributed by atoms with Gasteiger partial charge in [0.1, 0.15) is 5.75 Å². The zero-order valence-corrected chi connectivity index (χ0v) is 11.6. The van der Waals surface area contributed by atoms with Crippen LogP contribution in [0.5, 0.6) is 5.75 Å². The molecule has 1 amide bonds. The second-order valence-corrected chi connectivity index (χ2v) is 4.61. The first-order valence-corrected chi connectivity index (χ1v) is 6.26. The Kier molecular flexibility index (Phi) is 5.44. The molecule has 2 N–H and O–H groups in total. The van der Waals surface area contributed by atoms with Gasteiger partial charge in [-0.3, -0.25) is 4.79 Å². The molecule has 1 aromatic carbocycles. The summed E-state index contributed by atoms with van der Waals surface area (Å²) in [4.78, 5) is 13.2.